The summed E-state index contributed by atoms with van der Waals surface area (Å²) in [5.74, 6) is 0.100. The molecule has 2 aliphatic heterocycles. The van der Waals surface area contributed by atoms with Crippen LogP contribution in [-0.2, 0) is 14.3 Å². The standard InChI is InChI=1S/C13H24N2O3.ClH/c1-10(7-12-3-2-5-18-12)15-13(16)8-11-9-17-6-4-14-11;/h10-12,14H,2-9H2,1H3,(H,15,16);1H. The molecule has 2 N–H and O–H groups in total. The molecule has 112 valence electrons. The second-order valence-electron chi connectivity index (χ2n) is 5.27. The molecule has 0 spiro atoms. The molecular formula is C13H25ClN2O3. The zero-order valence-corrected chi connectivity index (χ0v) is 12.3. The lowest BCUT2D eigenvalue weighted by Gasteiger charge is -2.24. The van der Waals surface area contributed by atoms with Gasteiger partial charge in [-0.2, -0.15) is 0 Å². The van der Waals surface area contributed by atoms with E-state index >= 15 is 0 Å². The van der Waals surface area contributed by atoms with Crippen molar-refractivity contribution in [3.8, 4) is 0 Å². The van der Waals surface area contributed by atoms with Gasteiger partial charge in [0, 0.05) is 31.7 Å². The first kappa shape index (κ1) is 16.7. The summed E-state index contributed by atoms with van der Waals surface area (Å²) in [7, 11) is 0. The number of carbonyl (C=O) groups excluding carboxylic acids is 1. The molecule has 5 nitrogen and oxygen atoms in total. The monoisotopic (exact) mass is 292 g/mol. The van der Waals surface area contributed by atoms with Crippen LogP contribution in [-0.4, -0.2) is 50.5 Å². The molecule has 0 aromatic heterocycles. The van der Waals surface area contributed by atoms with Gasteiger partial charge < -0.3 is 20.1 Å². The van der Waals surface area contributed by atoms with Crippen molar-refractivity contribution in [2.24, 2.45) is 0 Å². The molecule has 0 aromatic rings. The van der Waals surface area contributed by atoms with Crippen LogP contribution in [0.4, 0.5) is 0 Å². The molecule has 2 heterocycles. The summed E-state index contributed by atoms with van der Waals surface area (Å²) in [5, 5.41) is 6.33. The van der Waals surface area contributed by atoms with Crippen LogP contribution in [0.2, 0.25) is 0 Å². The first-order chi connectivity index (χ1) is 8.74. The van der Waals surface area contributed by atoms with E-state index in [0.29, 0.717) is 19.1 Å². The summed E-state index contributed by atoms with van der Waals surface area (Å²) >= 11 is 0. The number of nitrogens with one attached hydrogen (secondary N) is 2. The van der Waals surface area contributed by atoms with Gasteiger partial charge in [-0.3, -0.25) is 4.79 Å². The first-order valence-electron chi connectivity index (χ1n) is 6.96. The Bertz CT molecular complexity index is 267. The summed E-state index contributed by atoms with van der Waals surface area (Å²) in [4.78, 5) is 11.8. The number of hydrogen-bond donors (Lipinski definition) is 2. The molecule has 2 rings (SSSR count). The van der Waals surface area contributed by atoms with Gasteiger partial charge in [0.15, 0.2) is 0 Å². The van der Waals surface area contributed by atoms with Crippen molar-refractivity contribution in [2.45, 2.75) is 50.8 Å². The average Bonchev–Trinajstić information content (AvgIpc) is 2.82. The topological polar surface area (TPSA) is 59.6 Å². The predicted octanol–water partition coefficient (Wildman–Crippen LogP) is 0.860. The van der Waals surface area contributed by atoms with Crippen LogP contribution in [0.3, 0.4) is 0 Å². The van der Waals surface area contributed by atoms with Gasteiger partial charge in [-0.05, 0) is 26.2 Å². The lowest BCUT2D eigenvalue weighted by atomic mass is 10.1. The molecule has 2 aliphatic rings. The second-order valence-corrected chi connectivity index (χ2v) is 5.27. The molecule has 0 bridgehead atoms. The zero-order valence-electron chi connectivity index (χ0n) is 11.5. The Morgan fingerprint density at radius 2 is 2.32 bits per heavy atom. The molecule has 0 saturated carbocycles. The van der Waals surface area contributed by atoms with E-state index in [1.165, 1.54) is 0 Å². The molecule has 2 saturated heterocycles. The minimum absolute atomic E-state index is 0. The number of amides is 1. The van der Waals surface area contributed by atoms with E-state index < -0.39 is 0 Å². The van der Waals surface area contributed by atoms with Crippen LogP contribution in [0.1, 0.15) is 32.6 Å². The quantitative estimate of drug-likeness (QED) is 0.789. The average molecular weight is 293 g/mol. The SMILES string of the molecule is CC(CC1CCCO1)NC(=O)CC1COCCN1.Cl. The highest BCUT2D eigenvalue weighted by Crippen LogP contribution is 2.16. The number of hydrogen-bond acceptors (Lipinski definition) is 4. The fourth-order valence-electron chi connectivity index (χ4n) is 2.59. The smallest absolute Gasteiger partial charge is 0.221 e. The van der Waals surface area contributed by atoms with Crippen molar-refractivity contribution in [2.75, 3.05) is 26.4 Å². The van der Waals surface area contributed by atoms with Gasteiger partial charge in [0.05, 0.1) is 19.3 Å². The van der Waals surface area contributed by atoms with E-state index in [4.69, 9.17) is 9.47 Å². The lowest BCUT2D eigenvalue weighted by molar-refractivity contribution is -0.123. The summed E-state index contributed by atoms with van der Waals surface area (Å²) < 4.78 is 10.9. The van der Waals surface area contributed by atoms with Crippen molar-refractivity contribution < 1.29 is 14.3 Å². The number of ether oxygens (including phenoxy) is 2. The van der Waals surface area contributed by atoms with Gasteiger partial charge in [0.2, 0.25) is 5.91 Å². The van der Waals surface area contributed by atoms with Crippen molar-refractivity contribution in [3.63, 3.8) is 0 Å². The minimum atomic E-state index is 0. The summed E-state index contributed by atoms with van der Waals surface area (Å²) in [6, 6.07) is 0.346. The summed E-state index contributed by atoms with van der Waals surface area (Å²) in [5.41, 5.74) is 0. The van der Waals surface area contributed by atoms with E-state index in [1.807, 2.05) is 6.92 Å². The second kappa shape index (κ2) is 8.74. The van der Waals surface area contributed by atoms with Crippen molar-refractivity contribution >= 4 is 18.3 Å². The number of halogens is 1. The fraction of sp³-hybridized carbons (Fsp3) is 0.923. The van der Waals surface area contributed by atoms with Crippen molar-refractivity contribution in [1.82, 2.24) is 10.6 Å². The Balaban J connectivity index is 0.00000180. The van der Waals surface area contributed by atoms with E-state index in [9.17, 15) is 4.79 Å². The predicted molar refractivity (Wildman–Crippen MR) is 75.7 cm³/mol. The van der Waals surface area contributed by atoms with Crippen molar-refractivity contribution in [3.05, 3.63) is 0 Å². The molecule has 3 atom stereocenters. The highest BCUT2D eigenvalue weighted by Gasteiger charge is 2.21. The van der Waals surface area contributed by atoms with Gasteiger partial charge in [-0.25, -0.2) is 0 Å². The Hall–Kier alpha value is -0.360. The molecule has 0 aromatic carbocycles. The van der Waals surface area contributed by atoms with E-state index in [2.05, 4.69) is 10.6 Å². The maximum Gasteiger partial charge on any atom is 0.221 e. The van der Waals surface area contributed by atoms with Crippen LogP contribution in [0, 0.1) is 0 Å². The van der Waals surface area contributed by atoms with Gasteiger partial charge in [0.25, 0.3) is 0 Å². The molecule has 2 fully saturated rings. The third-order valence-corrected chi connectivity index (χ3v) is 3.48. The Morgan fingerprint density at radius 1 is 1.47 bits per heavy atom. The molecule has 0 aliphatic carbocycles. The molecular weight excluding hydrogens is 268 g/mol. The number of carbonyl (C=O) groups is 1. The highest BCUT2D eigenvalue weighted by atomic mass is 35.5. The molecule has 19 heavy (non-hydrogen) atoms. The zero-order chi connectivity index (χ0) is 12.8. The van der Waals surface area contributed by atoms with Gasteiger partial charge in [-0.1, -0.05) is 0 Å². The number of morpholine rings is 1. The Morgan fingerprint density at radius 3 is 2.95 bits per heavy atom. The first-order valence-corrected chi connectivity index (χ1v) is 6.96. The maximum atomic E-state index is 11.8. The van der Waals surface area contributed by atoms with Crippen LogP contribution in [0.15, 0.2) is 0 Å². The maximum absolute atomic E-state index is 11.8. The van der Waals surface area contributed by atoms with Gasteiger partial charge >= 0.3 is 0 Å². The van der Waals surface area contributed by atoms with E-state index in [0.717, 1.165) is 39.0 Å². The Labute approximate surface area is 121 Å². The largest absolute Gasteiger partial charge is 0.378 e. The third kappa shape index (κ3) is 6.08. The normalized spacial score (nSPS) is 28.5. The molecule has 0 radical (unpaired) electrons. The highest BCUT2D eigenvalue weighted by molar-refractivity contribution is 5.85. The fourth-order valence-corrected chi connectivity index (χ4v) is 2.59. The minimum Gasteiger partial charge on any atom is -0.378 e. The van der Waals surface area contributed by atoms with Crippen molar-refractivity contribution in [1.29, 1.82) is 0 Å². The van der Waals surface area contributed by atoms with Gasteiger partial charge in [-0.15, -0.1) is 12.4 Å². The Kier molecular flexibility index (Phi) is 7.68. The van der Waals surface area contributed by atoms with Crippen LogP contribution < -0.4 is 10.6 Å². The van der Waals surface area contributed by atoms with E-state index in [1.54, 1.807) is 0 Å². The van der Waals surface area contributed by atoms with Gasteiger partial charge in [0.1, 0.15) is 0 Å². The summed E-state index contributed by atoms with van der Waals surface area (Å²) in [6.07, 6.45) is 4.01. The summed E-state index contributed by atoms with van der Waals surface area (Å²) in [6.45, 7) is 5.13. The number of rotatable bonds is 5. The lowest BCUT2D eigenvalue weighted by Crippen LogP contribution is -2.45. The van der Waals surface area contributed by atoms with Crippen LogP contribution in [0.5, 0.6) is 0 Å². The van der Waals surface area contributed by atoms with E-state index in [-0.39, 0.29) is 30.4 Å². The molecule has 6 heteroatoms. The van der Waals surface area contributed by atoms with Crippen LogP contribution in [0.25, 0.3) is 0 Å². The molecule has 3 unspecified atom stereocenters. The third-order valence-electron chi connectivity index (χ3n) is 3.48. The molecule has 1 amide bonds. The van der Waals surface area contributed by atoms with Crippen LogP contribution >= 0.6 is 12.4 Å².